The van der Waals surface area contributed by atoms with Gasteiger partial charge >= 0.3 is 0 Å². The molecule has 0 spiro atoms. The van der Waals surface area contributed by atoms with Crippen molar-refractivity contribution in [3.8, 4) is 0 Å². The fraction of sp³-hybridized carbons (Fsp3) is 0. The van der Waals surface area contributed by atoms with Crippen LogP contribution in [0.5, 0.6) is 0 Å². The summed E-state index contributed by atoms with van der Waals surface area (Å²) in [5, 5.41) is 3.79. The average Bonchev–Trinajstić information content (AvgIpc) is 2.66. The van der Waals surface area contributed by atoms with Crippen LogP contribution in [0.4, 0.5) is 0 Å². The predicted octanol–water partition coefficient (Wildman–Crippen LogP) is 1.72. The van der Waals surface area contributed by atoms with E-state index in [0.717, 1.165) is 4.09 Å². The summed E-state index contributed by atoms with van der Waals surface area (Å²) < 4.78 is 25.6. The van der Waals surface area contributed by atoms with Crippen LogP contribution >= 0.6 is 22.6 Å². The highest BCUT2D eigenvalue weighted by Crippen LogP contribution is 2.15. The van der Waals surface area contributed by atoms with Gasteiger partial charge in [0.15, 0.2) is 0 Å². The number of aromatic nitrogens is 2. The molecule has 0 fully saturated rings. The first-order valence-corrected chi connectivity index (χ1v) is 6.64. The predicted molar refractivity (Wildman–Crippen MR) is 64.0 cm³/mol. The lowest BCUT2D eigenvalue weighted by atomic mass is 10.4. The Kier molecular flexibility index (Phi) is 2.79. The Balaban J connectivity index is 2.60. The molecular weight excluding hydrogens is 327 g/mol. The van der Waals surface area contributed by atoms with Crippen LogP contribution in [0.15, 0.2) is 47.5 Å². The Morgan fingerprint density at radius 2 is 1.80 bits per heavy atom. The van der Waals surface area contributed by atoms with Crippen LogP contribution in [0.25, 0.3) is 0 Å². The second-order valence-electron chi connectivity index (χ2n) is 2.81. The van der Waals surface area contributed by atoms with Crippen molar-refractivity contribution in [2.24, 2.45) is 0 Å². The zero-order chi connectivity index (χ0) is 10.9. The largest absolute Gasteiger partial charge is 0.283 e. The number of nitrogens with zero attached hydrogens (tertiary/aromatic N) is 2. The van der Waals surface area contributed by atoms with Crippen molar-refractivity contribution in [1.29, 1.82) is 0 Å². The number of halogens is 1. The van der Waals surface area contributed by atoms with Gasteiger partial charge in [0, 0.05) is 0 Å². The van der Waals surface area contributed by atoms with Crippen molar-refractivity contribution >= 4 is 32.6 Å². The van der Waals surface area contributed by atoms with Crippen LogP contribution in [0.3, 0.4) is 0 Å². The Bertz CT molecular complexity index is 563. The van der Waals surface area contributed by atoms with Gasteiger partial charge in [-0.25, -0.2) is 0 Å². The van der Waals surface area contributed by atoms with Crippen LogP contribution in [-0.2, 0) is 10.0 Å². The fourth-order valence-electron chi connectivity index (χ4n) is 1.14. The van der Waals surface area contributed by atoms with Gasteiger partial charge in [0.25, 0.3) is 10.0 Å². The molecule has 2 rings (SSSR count). The van der Waals surface area contributed by atoms with Gasteiger partial charge in [-0.05, 0) is 40.8 Å². The van der Waals surface area contributed by atoms with E-state index in [1.165, 1.54) is 6.20 Å². The lowest BCUT2D eigenvalue weighted by Crippen LogP contribution is -2.15. The molecule has 0 N–H and O–H groups in total. The van der Waals surface area contributed by atoms with E-state index in [1.54, 1.807) is 36.4 Å². The van der Waals surface area contributed by atoms with Gasteiger partial charge in [-0.15, -0.1) is 4.09 Å². The van der Waals surface area contributed by atoms with Crippen LogP contribution in [0, 0.1) is 3.70 Å². The Morgan fingerprint density at radius 3 is 2.33 bits per heavy atom. The summed E-state index contributed by atoms with van der Waals surface area (Å²) in [6.45, 7) is 0. The maximum Gasteiger partial charge on any atom is 0.283 e. The van der Waals surface area contributed by atoms with Crippen LogP contribution in [0.1, 0.15) is 0 Å². The first-order chi connectivity index (χ1) is 7.12. The van der Waals surface area contributed by atoms with E-state index in [4.69, 9.17) is 0 Å². The van der Waals surface area contributed by atoms with Crippen molar-refractivity contribution in [1.82, 2.24) is 9.19 Å². The molecule has 0 saturated heterocycles. The zero-order valence-electron chi connectivity index (χ0n) is 7.54. The molecule has 1 heterocycles. The molecule has 78 valence electrons. The Hall–Kier alpha value is -0.890. The van der Waals surface area contributed by atoms with Crippen molar-refractivity contribution < 1.29 is 8.42 Å². The number of rotatable bonds is 2. The molecule has 0 saturated carbocycles. The maximum absolute atomic E-state index is 12.0. The number of benzene rings is 1. The highest BCUT2D eigenvalue weighted by Gasteiger charge is 2.18. The minimum atomic E-state index is -3.53. The van der Waals surface area contributed by atoms with Gasteiger partial charge in [0.1, 0.15) is 3.70 Å². The minimum absolute atomic E-state index is 0.242. The third-order valence-electron chi connectivity index (χ3n) is 1.84. The van der Waals surface area contributed by atoms with E-state index >= 15 is 0 Å². The molecule has 0 radical (unpaired) electrons. The molecule has 0 aliphatic rings. The molecule has 1 aromatic carbocycles. The third kappa shape index (κ3) is 1.91. The molecule has 6 heteroatoms. The highest BCUT2D eigenvalue weighted by atomic mass is 127. The first kappa shape index (κ1) is 10.6. The normalized spacial score (nSPS) is 11.5. The van der Waals surface area contributed by atoms with E-state index in [2.05, 4.69) is 5.10 Å². The molecule has 0 bridgehead atoms. The topological polar surface area (TPSA) is 52.0 Å². The molecule has 2 aromatic rings. The molecule has 0 unspecified atom stereocenters. The molecule has 0 amide bonds. The third-order valence-corrected chi connectivity index (χ3v) is 4.59. The summed E-state index contributed by atoms with van der Waals surface area (Å²) in [7, 11) is -3.53. The van der Waals surface area contributed by atoms with Gasteiger partial charge in [-0.1, -0.05) is 18.2 Å². The second kappa shape index (κ2) is 3.93. The van der Waals surface area contributed by atoms with Gasteiger partial charge in [-0.2, -0.15) is 13.5 Å². The average molecular weight is 334 g/mol. The van der Waals surface area contributed by atoms with E-state index in [0.29, 0.717) is 3.70 Å². The van der Waals surface area contributed by atoms with Crippen molar-refractivity contribution in [2.45, 2.75) is 4.90 Å². The molecule has 0 aliphatic carbocycles. The molecule has 4 nitrogen and oxygen atoms in total. The van der Waals surface area contributed by atoms with E-state index in [1.807, 2.05) is 22.6 Å². The lowest BCUT2D eigenvalue weighted by Gasteiger charge is -2.04. The number of hydrogen-bond donors (Lipinski definition) is 0. The first-order valence-electron chi connectivity index (χ1n) is 4.12. The molecular formula is C9H7IN2O2S. The molecule has 0 aliphatic heterocycles. The summed E-state index contributed by atoms with van der Waals surface area (Å²) in [4.78, 5) is 0.242. The van der Waals surface area contributed by atoms with Gasteiger partial charge < -0.3 is 0 Å². The van der Waals surface area contributed by atoms with Crippen molar-refractivity contribution in [3.63, 3.8) is 0 Å². The number of hydrogen-bond acceptors (Lipinski definition) is 3. The summed E-state index contributed by atoms with van der Waals surface area (Å²) in [5.74, 6) is 0. The Labute approximate surface area is 101 Å². The van der Waals surface area contributed by atoms with E-state index in [9.17, 15) is 8.42 Å². The van der Waals surface area contributed by atoms with Crippen LogP contribution < -0.4 is 0 Å². The quantitative estimate of drug-likeness (QED) is 0.786. The van der Waals surface area contributed by atoms with Crippen molar-refractivity contribution in [2.75, 3.05) is 0 Å². The molecule has 1 aromatic heterocycles. The highest BCUT2D eigenvalue weighted by molar-refractivity contribution is 14.1. The van der Waals surface area contributed by atoms with Crippen LogP contribution in [-0.4, -0.2) is 17.6 Å². The SMILES string of the molecule is O=S(=O)(c1ccccc1)n1nccc1I. The lowest BCUT2D eigenvalue weighted by molar-refractivity contribution is 0.578. The van der Waals surface area contributed by atoms with Crippen molar-refractivity contribution in [3.05, 3.63) is 46.3 Å². The zero-order valence-corrected chi connectivity index (χ0v) is 10.5. The van der Waals surface area contributed by atoms with Gasteiger partial charge in [-0.3, -0.25) is 0 Å². The summed E-state index contributed by atoms with van der Waals surface area (Å²) >= 11 is 1.93. The fourth-order valence-corrected chi connectivity index (χ4v) is 3.38. The standard InChI is InChI=1S/C9H7IN2O2S/c10-9-6-7-11-12(9)15(13,14)8-4-2-1-3-5-8/h1-7H. The van der Waals surface area contributed by atoms with E-state index < -0.39 is 10.0 Å². The smallest absolute Gasteiger partial charge is 0.199 e. The minimum Gasteiger partial charge on any atom is -0.199 e. The van der Waals surface area contributed by atoms with Gasteiger partial charge in [0.2, 0.25) is 0 Å². The van der Waals surface area contributed by atoms with Gasteiger partial charge in [0.05, 0.1) is 11.1 Å². The Morgan fingerprint density at radius 1 is 1.13 bits per heavy atom. The summed E-state index contributed by atoms with van der Waals surface area (Å²) in [6.07, 6.45) is 1.46. The molecule has 0 atom stereocenters. The molecule has 15 heavy (non-hydrogen) atoms. The summed E-state index contributed by atoms with van der Waals surface area (Å²) in [6, 6.07) is 9.88. The maximum atomic E-state index is 12.0. The summed E-state index contributed by atoms with van der Waals surface area (Å²) in [5.41, 5.74) is 0. The second-order valence-corrected chi connectivity index (χ2v) is 5.69. The van der Waals surface area contributed by atoms with E-state index in [-0.39, 0.29) is 4.90 Å². The monoisotopic (exact) mass is 334 g/mol. The van der Waals surface area contributed by atoms with Crippen LogP contribution in [0.2, 0.25) is 0 Å².